The lowest BCUT2D eigenvalue weighted by atomic mass is 10.0. The minimum Gasteiger partial charge on any atom is -0.247 e. The monoisotopic (exact) mass is 294 g/mol. The fourth-order valence-corrected chi connectivity index (χ4v) is 2.60. The average Bonchev–Trinajstić information content (AvgIpc) is 2.97. The van der Waals surface area contributed by atoms with Crippen molar-refractivity contribution in [1.82, 2.24) is 0 Å². The zero-order valence-electron chi connectivity index (χ0n) is 12.4. The summed E-state index contributed by atoms with van der Waals surface area (Å²) >= 11 is 0. The molecule has 0 aromatic heterocycles. The van der Waals surface area contributed by atoms with Gasteiger partial charge in [-0.2, -0.15) is 4.89 Å². The predicted octanol–water partition coefficient (Wildman–Crippen LogP) is 3.92. The number of nitrogens with zero attached hydrogens (tertiary/aromatic N) is 2. The van der Waals surface area contributed by atoms with Gasteiger partial charge in [0.1, 0.15) is 0 Å². The Kier molecular flexibility index (Phi) is 4.13. The Hall–Kier alpha value is -2.30. The Morgan fingerprint density at radius 2 is 1.32 bits per heavy atom. The molecule has 3 rings (SSSR count). The highest BCUT2D eigenvalue weighted by molar-refractivity contribution is 6.54. The molecule has 0 unspecified atom stereocenters. The van der Waals surface area contributed by atoms with Gasteiger partial charge in [0.05, 0.1) is 11.4 Å². The maximum atomic E-state index is 9.36. The van der Waals surface area contributed by atoms with E-state index in [0.717, 1.165) is 29.0 Å². The van der Waals surface area contributed by atoms with Crippen LogP contribution in [0.5, 0.6) is 0 Å². The largest absolute Gasteiger partial charge is 0.287 e. The topological polar surface area (TPSA) is 54.2 Å². The molecule has 0 atom stereocenters. The second kappa shape index (κ2) is 6.22. The third-order valence-electron chi connectivity index (χ3n) is 3.61. The van der Waals surface area contributed by atoms with Gasteiger partial charge in [-0.1, -0.05) is 67.6 Å². The first-order valence-corrected chi connectivity index (χ1v) is 7.41. The summed E-state index contributed by atoms with van der Waals surface area (Å²) < 4.78 is 0. The smallest absolute Gasteiger partial charge is 0.247 e. The van der Waals surface area contributed by atoms with Gasteiger partial charge in [0.2, 0.25) is 0 Å². The van der Waals surface area contributed by atoms with E-state index in [1.54, 1.807) is 0 Å². The van der Waals surface area contributed by atoms with E-state index in [0.29, 0.717) is 6.42 Å². The molecule has 4 nitrogen and oxygen atoms in total. The zero-order chi connectivity index (χ0) is 15.4. The van der Waals surface area contributed by atoms with Crippen molar-refractivity contribution in [2.24, 2.45) is 9.98 Å². The normalized spacial score (nSPS) is 16.3. The second-order valence-electron chi connectivity index (χ2n) is 5.24. The van der Waals surface area contributed by atoms with Gasteiger partial charge < -0.3 is 0 Å². The molecule has 1 N–H and O–H groups in total. The van der Waals surface area contributed by atoms with Crippen LogP contribution in [0, 0.1) is 0 Å². The van der Waals surface area contributed by atoms with Gasteiger partial charge in [-0.25, -0.2) is 15.2 Å². The lowest BCUT2D eigenvalue weighted by Crippen LogP contribution is -2.24. The van der Waals surface area contributed by atoms with E-state index in [1.807, 2.05) is 67.6 Å². The minimum absolute atomic E-state index is 0.524. The van der Waals surface area contributed by atoms with Crippen LogP contribution in [0.25, 0.3) is 0 Å². The van der Waals surface area contributed by atoms with Crippen LogP contribution < -0.4 is 0 Å². The molecule has 1 aliphatic rings. The van der Waals surface area contributed by atoms with Gasteiger partial charge in [-0.15, -0.1) is 0 Å². The Morgan fingerprint density at radius 3 is 1.68 bits per heavy atom. The fraction of sp³-hybridized carbons (Fsp3) is 0.222. The molecule has 1 aliphatic heterocycles. The third-order valence-corrected chi connectivity index (χ3v) is 3.61. The molecular weight excluding hydrogens is 276 g/mol. The Morgan fingerprint density at radius 1 is 0.864 bits per heavy atom. The van der Waals surface area contributed by atoms with Crippen molar-refractivity contribution in [3.8, 4) is 0 Å². The van der Waals surface area contributed by atoms with Crippen LogP contribution in [0.4, 0.5) is 0 Å². The summed E-state index contributed by atoms with van der Waals surface area (Å²) in [6, 6.07) is 19.7. The first kappa shape index (κ1) is 14.6. The Bertz CT molecular complexity index is 638. The van der Waals surface area contributed by atoms with Crippen LogP contribution in [-0.2, 0) is 4.89 Å². The summed E-state index contributed by atoms with van der Waals surface area (Å²) in [7, 11) is 0. The van der Waals surface area contributed by atoms with Crippen LogP contribution in [0.3, 0.4) is 0 Å². The summed E-state index contributed by atoms with van der Waals surface area (Å²) in [5, 5.41) is 9.36. The van der Waals surface area contributed by atoms with Crippen molar-refractivity contribution >= 4 is 11.4 Å². The van der Waals surface area contributed by atoms with Crippen LogP contribution in [-0.4, -0.2) is 22.5 Å². The molecule has 22 heavy (non-hydrogen) atoms. The van der Waals surface area contributed by atoms with Crippen molar-refractivity contribution in [3.63, 3.8) is 0 Å². The SMILES string of the molecule is CCCC1(OO)N=C(c2ccccc2)C(c2ccccc2)=N1. The van der Waals surface area contributed by atoms with Crippen LogP contribution >= 0.6 is 0 Å². The van der Waals surface area contributed by atoms with Crippen molar-refractivity contribution in [1.29, 1.82) is 0 Å². The minimum atomic E-state index is -1.23. The molecule has 0 bridgehead atoms. The molecule has 0 aliphatic carbocycles. The zero-order valence-corrected chi connectivity index (χ0v) is 12.4. The van der Waals surface area contributed by atoms with Crippen molar-refractivity contribution in [3.05, 3.63) is 71.8 Å². The maximum Gasteiger partial charge on any atom is 0.287 e. The first-order chi connectivity index (χ1) is 10.8. The van der Waals surface area contributed by atoms with E-state index in [9.17, 15) is 5.26 Å². The van der Waals surface area contributed by atoms with Gasteiger partial charge in [0.25, 0.3) is 5.85 Å². The van der Waals surface area contributed by atoms with Crippen molar-refractivity contribution in [2.75, 3.05) is 0 Å². The number of hydrogen-bond acceptors (Lipinski definition) is 4. The summed E-state index contributed by atoms with van der Waals surface area (Å²) in [6.07, 6.45) is 1.33. The van der Waals surface area contributed by atoms with E-state index < -0.39 is 5.85 Å². The number of rotatable bonds is 5. The lowest BCUT2D eigenvalue weighted by molar-refractivity contribution is -0.319. The molecule has 0 radical (unpaired) electrons. The highest BCUT2D eigenvalue weighted by Crippen LogP contribution is 2.30. The summed E-state index contributed by atoms with van der Waals surface area (Å²) in [5.74, 6) is -1.23. The van der Waals surface area contributed by atoms with E-state index in [4.69, 9.17) is 0 Å². The number of hydrogen-bond donors (Lipinski definition) is 1. The quantitative estimate of drug-likeness (QED) is 0.671. The van der Waals surface area contributed by atoms with E-state index in [2.05, 4.69) is 14.9 Å². The van der Waals surface area contributed by atoms with Crippen LogP contribution in [0.2, 0.25) is 0 Å². The summed E-state index contributed by atoms with van der Waals surface area (Å²) in [6.45, 7) is 2.01. The highest BCUT2D eigenvalue weighted by atomic mass is 17.1. The molecule has 0 saturated heterocycles. The van der Waals surface area contributed by atoms with Crippen molar-refractivity contribution < 1.29 is 10.1 Å². The molecule has 112 valence electrons. The summed E-state index contributed by atoms with van der Waals surface area (Å²) in [5.41, 5.74) is 3.41. The number of benzene rings is 2. The Balaban J connectivity index is 2.12. The van der Waals surface area contributed by atoms with Gasteiger partial charge >= 0.3 is 0 Å². The lowest BCUT2D eigenvalue weighted by Gasteiger charge is -2.17. The molecular formula is C18H18N2O2. The molecule has 0 amide bonds. The van der Waals surface area contributed by atoms with Crippen molar-refractivity contribution in [2.45, 2.75) is 25.6 Å². The number of aliphatic imine (C=N–C) groups is 2. The molecule has 1 heterocycles. The Labute approximate surface area is 129 Å². The molecule has 0 fully saturated rings. The van der Waals surface area contributed by atoms with Gasteiger partial charge in [-0.3, -0.25) is 0 Å². The average molecular weight is 294 g/mol. The highest BCUT2D eigenvalue weighted by Gasteiger charge is 2.37. The first-order valence-electron chi connectivity index (χ1n) is 7.41. The molecule has 0 spiro atoms. The van der Waals surface area contributed by atoms with Gasteiger partial charge in [0.15, 0.2) is 0 Å². The molecule has 2 aromatic rings. The van der Waals surface area contributed by atoms with E-state index >= 15 is 0 Å². The second-order valence-corrected chi connectivity index (χ2v) is 5.24. The van der Waals surface area contributed by atoms with Gasteiger partial charge in [-0.05, 0) is 6.42 Å². The van der Waals surface area contributed by atoms with Crippen LogP contribution in [0.1, 0.15) is 30.9 Å². The molecule has 2 aromatic carbocycles. The predicted molar refractivity (Wildman–Crippen MR) is 87.3 cm³/mol. The molecule has 4 heteroatoms. The standard InChI is InChI=1S/C18H18N2O2/c1-2-13-18(22-21)19-16(14-9-5-3-6-10-14)17(20-18)15-11-7-4-8-12-15/h3-12,21H,2,13H2,1H3. The van der Waals surface area contributed by atoms with Gasteiger partial charge in [0, 0.05) is 17.5 Å². The summed E-state index contributed by atoms with van der Waals surface area (Å²) in [4.78, 5) is 13.9. The maximum absolute atomic E-state index is 9.36. The third kappa shape index (κ3) is 2.71. The van der Waals surface area contributed by atoms with E-state index in [1.165, 1.54) is 0 Å². The van der Waals surface area contributed by atoms with Crippen LogP contribution in [0.15, 0.2) is 70.6 Å². The molecule has 0 saturated carbocycles. The fourth-order valence-electron chi connectivity index (χ4n) is 2.60. The van der Waals surface area contributed by atoms with E-state index in [-0.39, 0.29) is 0 Å².